The summed E-state index contributed by atoms with van der Waals surface area (Å²) in [6.45, 7) is 5.11. The van der Waals surface area contributed by atoms with E-state index in [0.29, 0.717) is 30.8 Å². The minimum Gasteiger partial charge on any atom is -0.438 e. The number of ether oxygens (including phenoxy) is 2. The Kier molecular flexibility index (Phi) is 7.47. The molecule has 180 valence electrons. The first kappa shape index (κ1) is 23.8. The summed E-state index contributed by atoms with van der Waals surface area (Å²) >= 11 is 0. The number of amides is 3. The van der Waals surface area contributed by atoms with Crippen LogP contribution in [0.4, 0.5) is 10.5 Å². The number of benzene rings is 2. The van der Waals surface area contributed by atoms with Gasteiger partial charge in [0.1, 0.15) is 0 Å². The van der Waals surface area contributed by atoms with Crippen molar-refractivity contribution in [2.24, 2.45) is 0 Å². The predicted octanol–water partition coefficient (Wildman–Crippen LogP) is 3.70. The summed E-state index contributed by atoms with van der Waals surface area (Å²) in [7, 11) is 0. The van der Waals surface area contributed by atoms with Crippen molar-refractivity contribution in [1.29, 1.82) is 0 Å². The Morgan fingerprint density at radius 2 is 1.94 bits per heavy atom. The first-order valence-electron chi connectivity index (χ1n) is 11.8. The van der Waals surface area contributed by atoms with E-state index >= 15 is 0 Å². The molecule has 2 saturated heterocycles. The molecule has 34 heavy (non-hydrogen) atoms. The standard InChI is InChI=1S/C26H31N3O5/c1-3-22(30)28-20-7-4-6-19(14-20)24-23(25(31)27-15-21-8-5-13-33-21)29(26(32)34-24)16-18-11-9-17(2)10-12-18/h4,6-7,9-12,14,21,23-24H,3,5,8,13,15-16H2,1-2H3,(H,27,31)(H,28,30)/t21-,23+,24-/m0/s1. The zero-order valence-electron chi connectivity index (χ0n) is 19.6. The molecule has 8 heteroatoms. The zero-order valence-corrected chi connectivity index (χ0v) is 19.6. The van der Waals surface area contributed by atoms with Crippen molar-refractivity contribution < 1.29 is 23.9 Å². The van der Waals surface area contributed by atoms with Crippen LogP contribution in [0.25, 0.3) is 0 Å². The zero-order chi connectivity index (χ0) is 24.1. The molecule has 2 aromatic carbocycles. The highest BCUT2D eigenvalue weighted by Crippen LogP contribution is 2.35. The molecular weight excluding hydrogens is 434 g/mol. The number of nitrogens with one attached hydrogen (secondary N) is 2. The number of hydrogen-bond acceptors (Lipinski definition) is 5. The van der Waals surface area contributed by atoms with Crippen LogP contribution >= 0.6 is 0 Å². The average Bonchev–Trinajstić information content (AvgIpc) is 3.47. The first-order chi connectivity index (χ1) is 16.4. The Hall–Kier alpha value is -3.39. The van der Waals surface area contributed by atoms with Crippen molar-refractivity contribution >= 4 is 23.6 Å². The lowest BCUT2D eigenvalue weighted by Crippen LogP contribution is -2.47. The third kappa shape index (κ3) is 5.56. The highest BCUT2D eigenvalue weighted by molar-refractivity contribution is 5.91. The van der Waals surface area contributed by atoms with Crippen LogP contribution in [0.2, 0.25) is 0 Å². The molecule has 2 aliphatic heterocycles. The SMILES string of the molecule is CCC(=O)Nc1cccc([C@@H]2OC(=O)N(Cc3ccc(C)cc3)[C@H]2C(=O)NC[C@@H]2CCCO2)c1. The van der Waals surface area contributed by atoms with Gasteiger partial charge in [0.15, 0.2) is 12.1 Å². The fourth-order valence-corrected chi connectivity index (χ4v) is 4.27. The second-order valence-corrected chi connectivity index (χ2v) is 8.77. The number of cyclic esters (lactones) is 1. The van der Waals surface area contributed by atoms with E-state index in [1.165, 1.54) is 4.90 Å². The number of rotatable bonds is 8. The van der Waals surface area contributed by atoms with Crippen LogP contribution in [-0.4, -0.2) is 48.1 Å². The van der Waals surface area contributed by atoms with Crippen LogP contribution in [0.1, 0.15) is 49.0 Å². The van der Waals surface area contributed by atoms with E-state index in [9.17, 15) is 14.4 Å². The monoisotopic (exact) mass is 465 g/mol. The average molecular weight is 466 g/mol. The molecule has 8 nitrogen and oxygen atoms in total. The van der Waals surface area contributed by atoms with Crippen LogP contribution in [-0.2, 0) is 25.6 Å². The van der Waals surface area contributed by atoms with Gasteiger partial charge in [0.25, 0.3) is 0 Å². The lowest BCUT2D eigenvalue weighted by atomic mass is 10.00. The van der Waals surface area contributed by atoms with Gasteiger partial charge in [-0.3, -0.25) is 14.5 Å². The largest absolute Gasteiger partial charge is 0.438 e. The van der Waals surface area contributed by atoms with Crippen LogP contribution in [0.5, 0.6) is 0 Å². The first-order valence-corrected chi connectivity index (χ1v) is 11.8. The molecule has 0 radical (unpaired) electrons. The van der Waals surface area contributed by atoms with E-state index in [-0.39, 0.29) is 24.5 Å². The summed E-state index contributed by atoms with van der Waals surface area (Å²) in [4.78, 5) is 39.6. The van der Waals surface area contributed by atoms with Gasteiger partial charge in [0.2, 0.25) is 11.8 Å². The van der Waals surface area contributed by atoms with E-state index in [4.69, 9.17) is 9.47 Å². The van der Waals surface area contributed by atoms with Crippen molar-refractivity contribution in [2.75, 3.05) is 18.5 Å². The van der Waals surface area contributed by atoms with E-state index in [0.717, 1.165) is 24.0 Å². The maximum atomic E-state index is 13.4. The van der Waals surface area contributed by atoms with E-state index in [2.05, 4.69) is 10.6 Å². The molecule has 3 atom stereocenters. The minimum absolute atomic E-state index is 0.0152. The summed E-state index contributed by atoms with van der Waals surface area (Å²) < 4.78 is 11.4. The van der Waals surface area contributed by atoms with Gasteiger partial charge in [0.05, 0.1) is 12.6 Å². The summed E-state index contributed by atoms with van der Waals surface area (Å²) in [6.07, 6.45) is 0.853. The molecule has 2 N–H and O–H groups in total. The molecular formula is C26H31N3O5. The Labute approximate surface area is 199 Å². The third-order valence-electron chi connectivity index (χ3n) is 6.17. The van der Waals surface area contributed by atoms with Gasteiger partial charge in [-0.25, -0.2) is 4.79 Å². The van der Waals surface area contributed by atoms with Crippen LogP contribution in [0.3, 0.4) is 0 Å². The molecule has 0 saturated carbocycles. The van der Waals surface area contributed by atoms with Crippen LogP contribution < -0.4 is 10.6 Å². The summed E-state index contributed by atoms with van der Waals surface area (Å²) in [5.74, 6) is -0.408. The fourth-order valence-electron chi connectivity index (χ4n) is 4.27. The number of hydrogen-bond donors (Lipinski definition) is 2. The summed E-state index contributed by atoms with van der Waals surface area (Å²) in [5, 5.41) is 5.78. The van der Waals surface area contributed by atoms with Gasteiger partial charge in [-0.05, 0) is 43.0 Å². The molecule has 0 aliphatic carbocycles. The number of carbonyl (C=O) groups is 3. The third-order valence-corrected chi connectivity index (χ3v) is 6.17. The van der Waals surface area contributed by atoms with Gasteiger partial charge in [-0.15, -0.1) is 0 Å². The Bertz CT molecular complexity index is 1030. The van der Waals surface area contributed by atoms with E-state index in [1.807, 2.05) is 31.2 Å². The lowest BCUT2D eigenvalue weighted by molar-refractivity contribution is -0.127. The maximum Gasteiger partial charge on any atom is 0.411 e. The van der Waals surface area contributed by atoms with Gasteiger partial charge in [-0.1, -0.05) is 48.9 Å². The normalized spacial score (nSPS) is 21.9. The molecule has 2 heterocycles. The van der Waals surface area contributed by atoms with Gasteiger partial charge in [0, 0.05) is 25.3 Å². The molecule has 4 rings (SSSR count). The second-order valence-electron chi connectivity index (χ2n) is 8.77. The van der Waals surface area contributed by atoms with Crippen molar-refractivity contribution in [3.8, 4) is 0 Å². The van der Waals surface area contributed by atoms with Gasteiger partial charge in [-0.2, -0.15) is 0 Å². The lowest BCUT2D eigenvalue weighted by Gasteiger charge is -2.25. The van der Waals surface area contributed by atoms with Crippen LogP contribution in [0.15, 0.2) is 48.5 Å². The number of anilines is 1. The second kappa shape index (κ2) is 10.7. The molecule has 0 unspecified atom stereocenters. The summed E-state index contributed by atoms with van der Waals surface area (Å²) in [6, 6.07) is 14.1. The number of nitrogens with zero attached hydrogens (tertiary/aromatic N) is 1. The summed E-state index contributed by atoms with van der Waals surface area (Å²) in [5.41, 5.74) is 3.26. The Morgan fingerprint density at radius 3 is 2.65 bits per heavy atom. The van der Waals surface area contributed by atoms with Crippen molar-refractivity contribution in [2.45, 2.75) is 57.9 Å². The molecule has 0 spiro atoms. The van der Waals surface area contributed by atoms with Crippen molar-refractivity contribution in [3.05, 3.63) is 65.2 Å². The highest BCUT2D eigenvalue weighted by atomic mass is 16.6. The molecule has 2 aliphatic rings. The Morgan fingerprint density at radius 1 is 1.15 bits per heavy atom. The van der Waals surface area contributed by atoms with Crippen LogP contribution in [0, 0.1) is 6.92 Å². The van der Waals surface area contributed by atoms with Gasteiger partial charge >= 0.3 is 6.09 Å². The highest BCUT2D eigenvalue weighted by Gasteiger charge is 2.47. The number of carbonyl (C=O) groups excluding carboxylic acids is 3. The molecule has 2 fully saturated rings. The quantitative estimate of drug-likeness (QED) is 0.620. The topological polar surface area (TPSA) is 97.0 Å². The molecule has 0 bridgehead atoms. The van der Waals surface area contributed by atoms with Gasteiger partial charge < -0.3 is 20.1 Å². The van der Waals surface area contributed by atoms with E-state index in [1.54, 1.807) is 31.2 Å². The van der Waals surface area contributed by atoms with E-state index < -0.39 is 18.2 Å². The predicted molar refractivity (Wildman–Crippen MR) is 127 cm³/mol. The molecule has 3 amide bonds. The molecule has 2 aromatic rings. The van der Waals surface area contributed by atoms with Crippen molar-refractivity contribution in [3.63, 3.8) is 0 Å². The maximum absolute atomic E-state index is 13.4. The molecule has 0 aromatic heterocycles. The minimum atomic E-state index is -0.854. The fraction of sp³-hybridized carbons (Fsp3) is 0.423. The Balaban J connectivity index is 1.59. The number of aryl methyl sites for hydroxylation is 1. The van der Waals surface area contributed by atoms with Crippen molar-refractivity contribution in [1.82, 2.24) is 10.2 Å². The smallest absolute Gasteiger partial charge is 0.411 e.